The molecule has 0 aliphatic heterocycles. The molecule has 1 aliphatic carbocycles. The average Bonchev–Trinajstić information content (AvgIpc) is 3.04. The highest BCUT2D eigenvalue weighted by atomic mass is 32.2. The normalized spacial score (nSPS) is 18.0. The van der Waals surface area contributed by atoms with Gasteiger partial charge in [0, 0.05) is 5.54 Å². The van der Waals surface area contributed by atoms with Crippen LogP contribution in [0.3, 0.4) is 0 Å². The van der Waals surface area contributed by atoms with Crippen LogP contribution in [0.15, 0.2) is 23.1 Å². The van der Waals surface area contributed by atoms with E-state index >= 15 is 0 Å². The molecule has 0 amide bonds. The second-order valence-corrected chi connectivity index (χ2v) is 9.48. The Morgan fingerprint density at radius 2 is 1.76 bits per heavy atom. The van der Waals surface area contributed by atoms with Crippen LogP contribution in [-0.2, 0) is 15.4 Å². The van der Waals surface area contributed by atoms with E-state index in [2.05, 4.69) is 31.6 Å². The molecule has 3 nitrogen and oxygen atoms in total. The van der Waals surface area contributed by atoms with E-state index in [1.165, 1.54) is 5.56 Å². The van der Waals surface area contributed by atoms with E-state index < -0.39 is 15.6 Å². The van der Waals surface area contributed by atoms with Crippen LogP contribution >= 0.6 is 0 Å². The van der Waals surface area contributed by atoms with Crippen molar-refractivity contribution in [2.24, 2.45) is 0 Å². The maximum absolute atomic E-state index is 12.7. The van der Waals surface area contributed by atoms with Crippen LogP contribution in [0.2, 0.25) is 0 Å². The Labute approximate surface area is 129 Å². The fourth-order valence-electron chi connectivity index (χ4n) is 2.53. The second-order valence-electron chi connectivity index (χ2n) is 7.83. The first-order valence-corrected chi connectivity index (χ1v) is 9.11. The molecule has 4 heteroatoms. The predicted octanol–water partition coefficient (Wildman–Crippen LogP) is 3.94. The number of rotatable bonds is 4. The summed E-state index contributed by atoms with van der Waals surface area (Å²) in [6, 6.07) is 5.81. The van der Waals surface area contributed by atoms with Gasteiger partial charge in [-0.15, -0.1) is 0 Å². The fourth-order valence-corrected chi connectivity index (χ4v) is 4.29. The molecule has 0 heterocycles. The predicted molar refractivity (Wildman–Crippen MR) is 87.2 cm³/mol. The van der Waals surface area contributed by atoms with Crippen molar-refractivity contribution in [3.8, 4) is 0 Å². The van der Waals surface area contributed by atoms with E-state index in [4.69, 9.17) is 0 Å². The Morgan fingerprint density at radius 1 is 1.19 bits per heavy atom. The smallest absolute Gasteiger partial charge is 0.207 e. The Balaban J connectivity index is 2.54. The van der Waals surface area contributed by atoms with Crippen molar-refractivity contribution in [1.29, 1.82) is 0 Å². The SMILES string of the molecule is CC(C)c1ccc(S(=O)(=O)NC(C)(C)C)c(C2(C)CC2)c1. The highest BCUT2D eigenvalue weighted by Crippen LogP contribution is 2.50. The van der Waals surface area contributed by atoms with E-state index in [1.807, 2.05) is 26.8 Å². The molecular weight excluding hydrogens is 282 g/mol. The minimum Gasteiger partial charge on any atom is -0.207 e. The lowest BCUT2D eigenvalue weighted by molar-refractivity contribution is 0.490. The van der Waals surface area contributed by atoms with Gasteiger partial charge in [0.2, 0.25) is 10.0 Å². The molecule has 1 N–H and O–H groups in total. The minimum absolute atomic E-state index is 0.0207. The first-order valence-electron chi connectivity index (χ1n) is 7.63. The molecule has 118 valence electrons. The van der Waals surface area contributed by atoms with E-state index in [0.717, 1.165) is 18.4 Å². The molecule has 0 aromatic heterocycles. The Morgan fingerprint density at radius 3 is 2.19 bits per heavy atom. The number of hydrogen-bond acceptors (Lipinski definition) is 2. The third-order valence-electron chi connectivity index (χ3n) is 4.05. The van der Waals surface area contributed by atoms with Crippen LogP contribution in [0.5, 0.6) is 0 Å². The monoisotopic (exact) mass is 309 g/mol. The highest BCUT2D eigenvalue weighted by molar-refractivity contribution is 7.89. The average molecular weight is 309 g/mol. The van der Waals surface area contributed by atoms with Crippen molar-refractivity contribution in [3.63, 3.8) is 0 Å². The summed E-state index contributed by atoms with van der Waals surface area (Å²) in [6.45, 7) is 12.0. The van der Waals surface area contributed by atoms with Crippen LogP contribution in [-0.4, -0.2) is 14.0 Å². The molecule has 1 aliphatic rings. The summed E-state index contributed by atoms with van der Waals surface area (Å²) in [6.07, 6.45) is 2.12. The molecule has 1 fully saturated rings. The fraction of sp³-hybridized carbons (Fsp3) is 0.647. The summed E-state index contributed by atoms with van der Waals surface area (Å²) in [7, 11) is -3.48. The third kappa shape index (κ3) is 3.67. The molecule has 0 spiro atoms. The lowest BCUT2D eigenvalue weighted by Crippen LogP contribution is -2.41. The van der Waals surface area contributed by atoms with Crippen molar-refractivity contribution < 1.29 is 8.42 Å². The third-order valence-corrected chi connectivity index (χ3v) is 5.87. The molecule has 0 saturated heterocycles. The summed E-state index contributed by atoms with van der Waals surface area (Å²) in [5, 5.41) is 0. The number of hydrogen-bond donors (Lipinski definition) is 1. The summed E-state index contributed by atoms with van der Waals surface area (Å²) in [5.41, 5.74) is 1.72. The molecule has 0 bridgehead atoms. The van der Waals surface area contributed by atoms with Crippen LogP contribution in [0.4, 0.5) is 0 Å². The Kier molecular flexibility index (Phi) is 4.00. The zero-order valence-electron chi connectivity index (χ0n) is 13.9. The van der Waals surface area contributed by atoms with Gasteiger partial charge >= 0.3 is 0 Å². The van der Waals surface area contributed by atoms with Crippen molar-refractivity contribution in [2.45, 2.75) is 76.2 Å². The van der Waals surface area contributed by atoms with Gasteiger partial charge in [-0.2, -0.15) is 0 Å². The van der Waals surface area contributed by atoms with Crippen molar-refractivity contribution in [2.75, 3.05) is 0 Å². The van der Waals surface area contributed by atoms with Crippen molar-refractivity contribution >= 4 is 10.0 Å². The first kappa shape index (κ1) is 16.5. The minimum atomic E-state index is -3.48. The largest absolute Gasteiger partial charge is 0.241 e. The molecule has 1 saturated carbocycles. The van der Waals surface area contributed by atoms with Gasteiger partial charge in [0.25, 0.3) is 0 Å². The lowest BCUT2D eigenvalue weighted by Gasteiger charge is -2.24. The van der Waals surface area contributed by atoms with Crippen molar-refractivity contribution in [1.82, 2.24) is 4.72 Å². The molecule has 0 atom stereocenters. The zero-order valence-corrected chi connectivity index (χ0v) is 14.8. The number of benzene rings is 1. The van der Waals surface area contributed by atoms with Gasteiger partial charge in [-0.1, -0.05) is 32.9 Å². The van der Waals surface area contributed by atoms with Gasteiger partial charge in [-0.05, 0) is 62.1 Å². The van der Waals surface area contributed by atoms with Crippen LogP contribution in [0.1, 0.15) is 71.4 Å². The molecular formula is C17H27NO2S. The van der Waals surface area contributed by atoms with Gasteiger partial charge in [0.1, 0.15) is 0 Å². The Bertz CT molecular complexity index is 635. The first-order chi connectivity index (χ1) is 9.45. The quantitative estimate of drug-likeness (QED) is 0.915. The summed E-state index contributed by atoms with van der Waals surface area (Å²) >= 11 is 0. The van der Waals surface area contributed by atoms with Crippen LogP contribution in [0.25, 0.3) is 0 Å². The molecule has 2 rings (SSSR count). The van der Waals surface area contributed by atoms with E-state index in [-0.39, 0.29) is 5.41 Å². The van der Waals surface area contributed by atoms with Gasteiger partial charge in [0.15, 0.2) is 0 Å². The van der Waals surface area contributed by atoms with Gasteiger partial charge in [-0.3, -0.25) is 0 Å². The second kappa shape index (κ2) is 5.10. The zero-order chi connectivity index (χ0) is 16.1. The number of nitrogens with one attached hydrogen (secondary N) is 1. The summed E-state index contributed by atoms with van der Waals surface area (Å²) in [4.78, 5) is 0.446. The Hall–Kier alpha value is -0.870. The summed E-state index contributed by atoms with van der Waals surface area (Å²) in [5.74, 6) is 0.401. The lowest BCUT2D eigenvalue weighted by atomic mass is 9.93. The molecule has 1 aromatic rings. The topological polar surface area (TPSA) is 46.2 Å². The maximum atomic E-state index is 12.7. The highest BCUT2D eigenvalue weighted by Gasteiger charge is 2.43. The molecule has 0 unspecified atom stereocenters. The van der Waals surface area contributed by atoms with E-state index in [9.17, 15) is 8.42 Å². The van der Waals surface area contributed by atoms with Gasteiger partial charge in [0.05, 0.1) is 4.90 Å². The summed E-state index contributed by atoms with van der Waals surface area (Å²) < 4.78 is 28.2. The van der Waals surface area contributed by atoms with Gasteiger partial charge in [-0.25, -0.2) is 13.1 Å². The van der Waals surface area contributed by atoms with E-state index in [1.54, 1.807) is 6.07 Å². The molecule has 0 radical (unpaired) electrons. The van der Waals surface area contributed by atoms with Crippen LogP contribution < -0.4 is 4.72 Å². The van der Waals surface area contributed by atoms with Crippen LogP contribution in [0, 0.1) is 0 Å². The molecule has 1 aromatic carbocycles. The number of sulfonamides is 1. The maximum Gasteiger partial charge on any atom is 0.241 e. The van der Waals surface area contributed by atoms with Gasteiger partial charge < -0.3 is 0 Å². The van der Waals surface area contributed by atoms with E-state index in [0.29, 0.717) is 10.8 Å². The molecule has 21 heavy (non-hydrogen) atoms. The standard InChI is InChI=1S/C17H27NO2S/c1-12(2)13-7-8-15(14(11-13)17(6)9-10-17)21(19,20)18-16(3,4)5/h7-8,11-12,18H,9-10H2,1-6H3. The van der Waals surface area contributed by atoms with Crippen molar-refractivity contribution in [3.05, 3.63) is 29.3 Å².